The highest BCUT2D eigenvalue weighted by Gasteiger charge is 2.57. The van der Waals surface area contributed by atoms with E-state index >= 15 is 0 Å². The van der Waals surface area contributed by atoms with E-state index in [2.05, 4.69) is 50.1 Å². The van der Waals surface area contributed by atoms with Crippen LogP contribution in [0.5, 0.6) is 5.88 Å². The highest BCUT2D eigenvalue weighted by Crippen LogP contribution is 2.65. The number of fused-ring (bicyclic) bond motifs is 2. The van der Waals surface area contributed by atoms with E-state index in [9.17, 15) is 9.18 Å². The van der Waals surface area contributed by atoms with Gasteiger partial charge in [0.05, 0.1) is 29.2 Å². The van der Waals surface area contributed by atoms with Gasteiger partial charge in [0.25, 0.3) is 0 Å². The molecule has 1 spiro atoms. The van der Waals surface area contributed by atoms with Gasteiger partial charge in [0.2, 0.25) is 12.3 Å². The van der Waals surface area contributed by atoms with Crippen molar-refractivity contribution >= 4 is 63.2 Å². The van der Waals surface area contributed by atoms with Gasteiger partial charge in [-0.3, -0.25) is 9.89 Å². The number of aromatic nitrogens is 5. The topological polar surface area (TPSA) is 110 Å². The van der Waals surface area contributed by atoms with E-state index < -0.39 is 0 Å². The van der Waals surface area contributed by atoms with Crippen LogP contribution in [-0.2, 0) is 22.7 Å². The fraction of sp³-hybridized carbons (Fsp3) is 0.381. The molecule has 0 radical (unpaired) electrons. The zero-order valence-electron chi connectivity index (χ0n) is 31.6. The number of carbonyl (C=O) groups is 1. The van der Waals surface area contributed by atoms with Gasteiger partial charge in [-0.25, -0.2) is 9.37 Å². The van der Waals surface area contributed by atoms with E-state index in [0.29, 0.717) is 28.8 Å². The summed E-state index contributed by atoms with van der Waals surface area (Å²) in [5, 5.41) is 11.4. The first kappa shape index (κ1) is 38.6. The van der Waals surface area contributed by atoms with Crippen molar-refractivity contribution in [1.29, 1.82) is 0 Å². The molecule has 1 amide bonds. The number of anilines is 2. The number of hydrogen-bond acceptors (Lipinski definition) is 8. The van der Waals surface area contributed by atoms with Crippen molar-refractivity contribution in [2.45, 2.75) is 64.7 Å². The number of nitrogens with one attached hydrogen (secondary N) is 2. The molecule has 3 aromatic heterocycles. The fourth-order valence-electron chi connectivity index (χ4n) is 7.55. The normalized spacial score (nSPS) is 18.2. The number of halogens is 2. The predicted molar refractivity (Wildman–Crippen MR) is 220 cm³/mol. The number of pyridine rings is 1. The lowest BCUT2D eigenvalue weighted by Gasteiger charge is -2.34. The molecular formula is C42H47ClFN7O3S. The van der Waals surface area contributed by atoms with Crippen molar-refractivity contribution < 1.29 is 18.7 Å². The second kappa shape index (κ2) is 17.0. The summed E-state index contributed by atoms with van der Waals surface area (Å²) in [4.78, 5) is 23.1. The van der Waals surface area contributed by atoms with E-state index in [1.54, 1.807) is 30.0 Å². The molecule has 2 saturated heterocycles. The maximum atomic E-state index is 14.2. The summed E-state index contributed by atoms with van der Waals surface area (Å²) in [6.45, 7) is 7.64. The van der Waals surface area contributed by atoms with E-state index in [4.69, 9.17) is 31.0 Å². The van der Waals surface area contributed by atoms with Gasteiger partial charge in [0.1, 0.15) is 24.1 Å². The number of aryl methyl sites for hydroxylation is 2. The summed E-state index contributed by atoms with van der Waals surface area (Å²) in [6, 6.07) is 22.5. The molecule has 55 heavy (non-hydrogen) atoms. The molecule has 1 aliphatic carbocycles. The second-order valence-electron chi connectivity index (χ2n) is 14.6. The summed E-state index contributed by atoms with van der Waals surface area (Å²) < 4.78 is 28.1. The second-order valence-corrected chi connectivity index (χ2v) is 15.8. The summed E-state index contributed by atoms with van der Waals surface area (Å²) in [5.74, 6) is 2.49. The Kier molecular flexibility index (Phi) is 11.9. The summed E-state index contributed by atoms with van der Waals surface area (Å²) in [7, 11) is 0. The van der Waals surface area contributed by atoms with Crippen LogP contribution in [0.3, 0.4) is 0 Å². The Bertz CT molecular complexity index is 2270. The van der Waals surface area contributed by atoms with Crippen LogP contribution in [0.1, 0.15) is 54.2 Å². The zero-order chi connectivity index (χ0) is 38.5. The van der Waals surface area contributed by atoms with Gasteiger partial charge in [-0.15, -0.1) is 0 Å². The molecule has 2 aliphatic heterocycles. The number of carbonyl (C=O) groups excluding carboxylic acids is 1. The minimum Gasteiger partial charge on any atom is -0.473 e. The Balaban J connectivity index is 0.000000280. The fourth-order valence-corrected chi connectivity index (χ4v) is 7.70. The molecule has 288 valence electrons. The Labute approximate surface area is 330 Å². The monoisotopic (exact) mass is 783 g/mol. The summed E-state index contributed by atoms with van der Waals surface area (Å²) in [5.41, 5.74) is 6.89. The largest absolute Gasteiger partial charge is 0.473 e. The molecule has 1 unspecified atom stereocenters. The molecule has 1 saturated carbocycles. The average Bonchev–Trinajstić information content (AvgIpc) is 3.53. The maximum Gasteiger partial charge on any atom is 0.215 e. The number of H-pyrrole nitrogens is 1. The number of ether oxygens (including phenoxy) is 2. The van der Waals surface area contributed by atoms with Crippen molar-refractivity contribution in [2.24, 2.45) is 5.41 Å². The van der Waals surface area contributed by atoms with E-state index in [1.807, 2.05) is 49.8 Å². The predicted octanol–water partition coefficient (Wildman–Crippen LogP) is 9.09. The van der Waals surface area contributed by atoms with Crippen LogP contribution in [0, 0.1) is 25.1 Å². The molecule has 2 atom stereocenters. The number of piperidine rings is 1. The van der Waals surface area contributed by atoms with E-state index in [0.717, 1.165) is 91.5 Å². The molecule has 9 rings (SSSR count). The SMILES string of the molecule is CSC.Cc1ccc2n[nH]c(C)c2c1.O=CNc1ccc2c(c1)nc(C1CC13CCN(c1cccc(OCc4ccc(Cl)cc4F)n1)CC3)n2C[C@@H]1CCO1. The molecule has 13 heteroatoms. The molecule has 0 bridgehead atoms. The lowest BCUT2D eigenvalue weighted by Crippen LogP contribution is -2.36. The van der Waals surface area contributed by atoms with Crippen LogP contribution in [0.4, 0.5) is 15.9 Å². The average molecular weight is 784 g/mol. The van der Waals surface area contributed by atoms with Gasteiger partial charge in [0.15, 0.2) is 0 Å². The number of hydrogen-bond donors (Lipinski definition) is 2. The standard InChI is InChI=1S/C31H31ClFN5O3.C9H10N2.C2H6S/c32-21-5-4-20(25(33)14-21)18-41-29-3-1-2-28(36-29)37-11-9-31(10-12-37)16-24(31)30-35-26-15-22(34-19-39)6-7-27(26)38(30)17-23-8-13-40-23;1-6-3-4-9-8(5-6)7(2)10-11-9;1-3-2/h1-7,14-15,19,23-24H,8-13,16-18H2,(H,34,39);3-5H,1-2H3,(H,10,11);1-2H3/t23-,24?;;/m0../s1. The number of amides is 1. The summed E-state index contributed by atoms with van der Waals surface area (Å²) in [6.07, 6.45) is 9.31. The maximum absolute atomic E-state index is 14.2. The third kappa shape index (κ3) is 8.77. The van der Waals surface area contributed by atoms with Crippen LogP contribution in [0.25, 0.3) is 21.9 Å². The van der Waals surface area contributed by atoms with Gasteiger partial charge in [-0.05, 0) is 106 Å². The molecule has 5 heterocycles. The molecule has 3 fully saturated rings. The van der Waals surface area contributed by atoms with Gasteiger partial charge in [0, 0.05) is 59.0 Å². The number of nitrogens with zero attached hydrogens (tertiary/aromatic N) is 5. The third-order valence-corrected chi connectivity index (χ3v) is 11.0. The van der Waals surface area contributed by atoms with E-state index in [1.165, 1.54) is 17.0 Å². The van der Waals surface area contributed by atoms with Crippen LogP contribution in [0.2, 0.25) is 5.02 Å². The Morgan fingerprint density at radius 1 is 1.05 bits per heavy atom. The van der Waals surface area contributed by atoms with Crippen molar-refractivity contribution in [1.82, 2.24) is 24.7 Å². The quantitative estimate of drug-likeness (QED) is 0.140. The first-order valence-corrected chi connectivity index (χ1v) is 20.6. The smallest absolute Gasteiger partial charge is 0.215 e. The Hall–Kier alpha value is -4.65. The molecule has 2 N–H and O–H groups in total. The molecule has 3 aromatic carbocycles. The lowest BCUT2D eigenvalue weighted by atomic mass is 9.90. The van der Waals surface area contributed by atoms with Crippen molar-refractivity contribution in [3.8, 4) is 5.88 Å². The first-order valence-electron chi connectivity index (χ1n) is 18.6. The number of imidazole rings is 1. The van der Waals surface area contributed by atoms with Gasteiger partial charge >= 0.3 is 0 Å². The molecule has 6 aromatic rings. The van der Waals surface area contributed by atoms with Gasteiger partial charge in [-0.2, -0.15) is 21.8 Å². The minimum atomic E-state index is -0.388. The molecule has 10 nitrogen and oxygen atoms in total. The zero-order valence-corrected chi connectivity index (χ0v) is 33.2. The number of thioether (sulfide) groups is 1. The molecule has 3 aliphatic rings. The highest BCUT2D eigenvalue weighted by atomic mass is 35.5. The van der Waals surface area contributed by atoms with Gasteiger partial charge in [-0.1, -0.05) is 35.4 Å². The molecular weight excluding hydrogens is 737 g/mol. The minimum absolute atomic E-state index is 0.0871. The number of aromatic amines is 1. The van der Waals surface area contributed by atoms with Crippen molar-refractivity contribution in [3.05, 3.63) is 106 Å². The Morgan fingerprint density at radius 3 is 2.58 bits per heavy atom. The van der Waals surface area contributed by atoms with Crippen LogP contribution >= 0.6 is 23.4 Å². The number of rotatable bonds is 9. The third-order valence-electron chi connectivity index (χ3n) is 10.8. The van der Waals surface area contributed by atoms with Gasteiger partial charge < -0.3 is 24.3 Å². The van der Waals surface area contributed by atoms with Crippen LogP contribution in [0.15, 0.2) is 72.8 Å². The van der Waals surface area contributed by atoms with Crippen molar-refractivity contribution in [3.63, 3.8) is 0 Å². The van der Waals surface area contributed by atoms with Crippen LogP contribution < -0.4 is 15.0 Å². The highest BCUT2D eigenvalue weighted by molar-refractivity contribution is 7.97. The van der Waals surface area contributed by atoms with Crippen LogP contribution in [-0.4, -0.2) is 69.5 Å². The lowest BCUT2D eigenvalue weighted by molar-refractivity contribution is -0.105. The number of benzene rings is 3. The Morgan fingerprint density at radius 2 is 1.85 bits per heavy atom. The first-order chi connectivity index (χ1) is 26.7. The summed E-state index contributed by atoms with van der Waals surface area (Å²) >= 11 is 7.61. The van der Waals surface area contributed by atoms with E-state index in [-0.39, 0.29) is 23.9 Å². The van der Waals surface area contributed by atoms with Crippen molar-refractivity contribution in [2.75, 3.05) is 42.4 Å².